The second-order valence-electron chi connectivity index (χ2n) is 6.00. The Morgan fingerprint density at radius 1 is 1.09 bits per heavy atom. The zero-order valence-corrected chi connectivity index (χ0v) is 15.4. The minimum absolute atomic E-state index is 0. The van der Waals surface area contributed by atoms with E-state index in [2.05, 4.69) is 26.3 Å². The summed E-state index contributed by atoms with van der Waals surface area (Å²) in [5.41, 5.74) is 0.690. The van der Waals surface area contributed by atoms with Gasteiger partial charge in [-0.1, -0.05) is 26.2 Å². The van der Waals surface area contributed by atoms with E-state index in [4.69, 9.17) is 4.74 Å². The first-order chi connectivity index (χ1) is 10.6. The van der Waals surface area contributed by atoms with Crippen molar-refractivity contribution in [2.45, 2.75) is 39.0 Å². The van der Waals surface area contributed by atoms with Crippen LogP contribution in [0.15, 0.2) is 24.3 Å². The fourth-order valence-electron chi connectivity index (χ4n) is 2.17. The minimum Gasteiger partial charge on any atom is -1.00 e. The smallest absolute Gasteiger partial charge is 0.251 e. The van der Waals surface area contributed by atoms with E-state index < -0.39 is 0 Å². The van der Waals surface area contributed by atoms with Crippen LogP contribution in [0.3, 0.4) is 0 Å². The number of hydrogen-bond acceptors (Lipinski definition) is 2. The fourth-order valence-corrected chi connectivity index (χ4v) is 2.17. The first-order valence-corrected chi connectivity index (χ1v) is 8.43. The molecular formula is C18H31ClN2O2. The molecule has 5 heteroatoms. The summed E-state index contributed by atoms with van der Waals surface area (Å²) in [6, 6.07) is 7.40. The summed E-state index contributed by atoms with van der Waals surface area (Å²) in [4.78, 5) is 13.4. The molecule has 1 rings (SSSR count). The number of benzene rings is 1. The van der Waals surface area contributed by atoms with Gasteiger partial charge in [-0.15, -0.1) is 0 Å². The Hall–Kier alpha value is -1.26. The van der Waals surface area contributed by atoms with Gasteiger partial charge in [0, 0.05) is 18.5 Å². The summed E-state index contributed by atoms with van der Waals surface area (Å²) < 4.78 is 5.68. The van der Waals surface area contributed by atoms with Gasteiger partial charge in [0.1, 0.15) is 5.75 Å². The third-order valence-electron chi connectivity index (χ3n) is 3.52. The van der Waals surface area contributed by atoms with Crippen LogP contribution in [0.5, 0.6) is 5.75 Å². The second kappa shape index (κ2) is 13.2. The van der Waals surface area contributed by atoms with Crippen molar-refractivity contribution >= 4 is 5.91 Å². The second-order valence-corrected chi connectivity index (χ2v) is 6.00. The van der Waals surface area contributed by atoms with E-state index in [1.807, 2.05) is 24.3 Å². The van der Waals surface area contributed by atoms with Crippen molar-refractivity contribution in [1.82, 2.24) is 5.32 Å². The number of rotatable bonds is 11. The molecule has 2 N–H and O–H groups in total. The van der Waals surface area contributed by atoms with E-state index in [9.17, 15) is 4.79 Å². The number of hydrogen-bond donors (Lipinski definition) is 2. The molecule has 0 spiro atoms. The van der Waals surface area contributed by atoms with Gasteiger partial charge in [-0.25, -0.2) is 0 Å². The SMILES string of the molecule is CCCCCCOc1ccc(C(=O)NCCC[NH+](C)C)cc1.[Cl-]. The van der Waals surface area contributed by atoms with Crippen molar-refractivity contribution in [2.75, 3.05) is 33.8 Å². The van der Waals surface area contributed by atoms with Crippen molar-refractivity contribution in [1.29, 1.82) is 0 Å². The predicted molar refractivity (Wildman–Crippen MR) is 90.7 cm³/mol. The molecule has 4 nitrogen and oxygen atoms in total. The molecule has 0 heterocycles. The van der Waals surface area contributed by atoms with Crippen molar-refractivity contribution in [3.8, 4) is 5.75 Å². The number of halogens is 1. The van der Waals surface area contributed by atoms with Gasteiger partial charge in [-0.05, 0) is 30.7 Å². The van der Waals surface area contributed by atoms with E-state index in [1.54, 1.807) is 0 Å². The maximum absolute atomic E-state index is 12.0. The van der Waals surface area contributed by atoms with E-state index in [0.29, 0.717) is 5.56 Å². The predicted octanol–water partition coefficient (Wildman–Crippen LogP) is -1.09. The van der Waals surface area contributed by atoms with Gasteiger partial charge in [0.25, 0.3) is 5.91 Å². The number of unbranched alkanes of at least 4 members (excludes halogenated alkanes) is 3. The molecule has 0 aliphatic carbocycles. The Morgan fingerprint density at radius 3 is 2.39 bits per heavy atom. The van der Waals surface area contributed by atoms with Crippen LogP contribution < -0.4 is 27.4 Å². The Labute approximate surface area is 147 Å². The van der Waals surface area contributed by atoms with Crippen LogP contribution in [0.4, 0.5) is 0 Å². The summed E-state index contributed by atoms with van der Waals surface area (Å²) in [7, 11) is 4.23. The number of carbonyl (C=O) groups excluding carboxylic acids is 1. The third-order valence-corrected chi connectivity index (χ3v) is 3.52. The summed E-state index contributed by atoms with van der Waals surface area (Å²) >= 11 is 0. The van der Waals surface area contributed by atoms with Crippen LogP contribution >= 0.6 is 0 Å². The molecule has 0 aliphatic rings. The van der Waals surface area contributed by atoms with Gasteiger partial charge in [-0.3, -0.25) is 4.79 Å². The van der Waals surface area contributed by atoms with Crippen LogP contribution in [0.2, 0.25) is 0 Å². The quantitative estimate of drug-likeness (QED) is 0.502. The topological polar surface area (TPSA) is 42.8 Å². The molecule has 0 bridgehead atoms. The molecule has 0 aromatic heterocycles. The zero-order chi connectivity index (χ0) is 16.2. The lowest BCUT2D eigenvalue weighted by Crippen LogP contribution is -3.05. The molecule has 0 atom stereocenters. The highest BCUT2D eigenvalue weighted by Gasteiger charge is 2.05. The maximum Gasteiger partial charge on any atom is 0.251 e. The van der Waals surface area contributed by atoms with Gasteiger partial charge >= 0.3 is 0 Å². The maximum atomic E-state index is 12.0. The number of carbonyl (C=O) groups is 1. The van der Waals surface area contributed by atoms with E-state index >= 15 is 0 Å². The van der Waals surface area contributed by atoms with Crippen molar-refractivity contribution in [3.05, 3.63) is 29.8 Å². The minimum atomic E-state index is -0.0109. The van der Waals surface area contributed by atoms with Gasteiger partial charge < -0.3 is 27.4 Å². The van der Waals surface area contributed by atoms with Gasteiger partial charge in [-0.2, -0.15) is 0 Å². The van der Waals surface area contributed by atoms with Crippen molar-refractivity contribution < 1.29 is 26.8 Å². The van der Waals surface area contributed by atoms with Crippen LogP contribution in [0.25, 0.3) is 0 Å². The summed E-state index contributed by atoms with van der Waals surface area (Å²) in [5.74, 6) is 0.826. The van der Waals surface area contributed by atoms with Crippen LogP contribution in [-0.4, -0.2) is 39.7 Å². The lowest BCUT2D eigenvalue weighted by Gasteiger charge is -2.09. The lowest BCUT2D eigenvalue weighted by atomic mass is 10.2. The monoisotopic (exact) mass is 342 g/mol. The van der Waals surface area contributed by atoms with E-state index in [-0.39, 0.29) is 18.3 Å². The summed E-state index contributed by atoms with van der Waals surface area (Å²) in [6.07, 6.45) is 5.79. The molecule has 0 unspecified atom stereocenters. The van der Waals surface area contributed by atoms with Crippen LogP contribution in [0.1, 0.15) is 49.4 Å². The average molecular weight is 343 g/mol. The molecule has 0 saturated carbocycles. The lowest BCUT2D eigenvalue weighted by molar-refractivity contribution is -0.858. The highest BCUT2D eigenvalue weighted by Crippen LogP contribution is 2.13. The number of amides is 1. The molecule has 23 heavy (non-hydrogen) atoms. The van der Waals surface area contributed by atoms with Crippen molar-refractivity contribution in [3.63, 3.8) is 0 Å². The Kier molecular flexibility index (Phi) is 12.5. The molecule has 0 saturated heterocycles. The number of ether oxygens (including phenoxy) is 1. The van der Waals surface area contributed by atoms with Crippen LogP contribution in [0, 0.1) is 0 Å². The number of quaternary nitrogens is 1. The van der Waals surface area contributed by atoms with Gasteiger partial charge in [0.05, 0.1) is 27.2 Å². The molecule has 0 radical (unpaired) electrons. The Balaban J connectivity index is 0.00000484. The van der Waals surface area contributed by atoms with Gasteiger partial charge in [0.2, 0.25) is 0 Å². The molecule has 1 amide bonds. The largest absolute Gasteiger partial charge is 1.00 e. The first-order valence-electron chi connectivity index (χ1n) is 8.43. The fraction of sp³-hybridized carbons (Fsp3) is 0.611. The highest BCUT2D eigenvalue weighted by molar-refractivity contribution is 5.94. The third kappa shape index (κ3) is 10.2. The van der Waals surface area contributed by atoms with Crippen molar-refractivity contribution in [2.24, 2.45) is 0 Å². The number of nitrogens with one attached hydrogen (secondary N) is 2. The average Bonchev–Trinajstić information content (AvgIpc) is 2.51. The highest BCUT2D eigenvalue weighted by atomic mass is 35.5. The molecule has 132 valence electrons. The Morgan fingerprint density at radius 2 is 1.78 bits per heavy atom. The molecule has 1 aromatic carbocycles. The molecule has 0 fully saturated rings. The van der Waals surface area contributed by atoms with E-state index in [0.717, 1.165) is 38.3 Å². The normalized spacial score (nSPS) is 10.3. The summed E-state index contributed by atoms with van der Waals surface area (Å²) in [6.45, 7) is 4.73. The Bertz CT molecular complexity index is 422. The molecular weight excluding hydrogens is 312 g/mol. The molecule has 1 aromatic rings. The standard InChI is InChI=1S/C18H30N2O2.ClH/c1-4-5-6-7-15-22-17-11-9-16(10-12-17)18(21)19-13-8-14-20(2)3;/h9-12H,4-8,13-15H2,1-3H3,(H,19,21);1H. The van der Waals surface area contributed by atoms with Crippen LogP contribution in [-0.2, 0) is 0 Å². The molecule has 0 aliphatic heterocycles. The van der Waals surface area contributed by atoms with Gasteiger partial charge in [0.15, 0.2) is 0 Å². The zero-order valence-electron chi connectivity index (χ0n) is 14.7. The first kappa shape index (κ1) is 21.7. The summed E-state index contributed by atoms with van der Waals surface area (Å²) in [5, 5.41) is 2.95. The van der Waals surface area contributed by atoms with E-state index in [1.165, 1.54) is 24.2 Å².